The van der Waals surface area contributed by atoms with Crippen LogP contribution >= 0.6 is 23.2 Å². The highest BCUT2D eigenvalue weighted by Gasteiger charge is 2.17. The highest BCUT2D eigenvalue weighted by molar-refractivity contribution is 6.33. The van der Waals surface area contributed by atoms with E-state index in [-0.39, 0.29) is 5.75 Å². The molecule has 148 valence electrons. The van der Waals surface area contributed by atoms with E-state index in [1.807, 2.05) is 19.2 Å². The Labute approximate surface area is 178 Å². The SMILES string of the molecule is CCCc1nc(Oc2ccc(Cl)cc2)ccc1-c1nn(C)c2cc(Cl)c(O)cc12. The molecule has 0 aliphatic rings. The predicted molar refractivity (Wildman–Crippen MR) is 116 cm³/mol. The largest absolute Gasteiger partial charge is 0.506 e. The van der Waals surface area contributed by atoms with Gasteiger partial charge in [0.05, 0.1) is 16.2 Å². The van der Waals surface area contributed by atoms with Gasteiger partial charge in [0.15, 0.2) is 0 Å². The van der Waals surface area contributed by atoms with E-state index in [1.54, 1.807) is 41.1 Å². The lowest BCUT2D eigenvalue weighted by Crippen LogP contribution is -1.98. The summed E-state index contributed by atoms with van der Waals surface area (Å²) in [5, 5.41) is 16.5. The van der Waals surface area contributed by atoms with Crippen LogP contribution in [0, 0.1) is 0 Å². The standard InChI is InChI=1S/C22H19Cl2N3O2/c1-3-4-18-15(9-10-21(25-18)29-14-7-5-13(23)6-8-14)22-16-11-20(28)17(24)12-19(16)27(2)26-22/h5-12,28H,3-4H2,1-2H3. The zero-order valence-corrected chi connectivity index (χ0v) is 17.5. The average Bonchev–Trinajstić information content (AvgIpc) is 3.00. The number of phenolic OH excluding ortho intramolecular Hbond substituents is 1. The third-order valence-corrected chi connectivity index (χ3v) is 5.20. The van der Waals surface area contributed by atoms with Gasteiger partial charge in [0.2, 0.25) is 5.88 Å². The van der Waals surface area contributed by atoms with Crippen molar-refractivity contribution in [3.05, 3.63) is 64.3 Å². The summed E-state index contributed by atoms with van der Waals surface area (Å²) in [5.74, 6) is 1.20. The minimum Gasteiger partial charge on any atom is -0.506 e. The molecule has 1 N–H and O–H groups in total. The van der Waals surface area contributed by atoms with Gasteiger partial charge in [0.1, 0.15) is 17.2 Å². The molecule has 0 fully saturated rings. The number of aromatic hydroxyl groups is 1. The van der Waals surface area contributed by atoms with Crippen molar-refractivity contribution in [2.24, 2.45) is 7.05 Å². The van der Waals surface area contributed by atoms with Crippen molar-refractivity contribution in [3.63, 3.8) is 0 Å². The van der Waals surface area contributed by atoms with E-state index in [0.29, 0.717) is 21.7 Å². The van der Waals surface area contributed by atoms with Gasteiger partial charge >= 0.3 is 0 Å². The number of hydrogen-bond acceptors (Lipinski definition) is 4. The summed E-state index contributed by atoms with van der Waals surface area (Å²) in [7, 11) is 1.85. The van der Waals surface area contributed by atoms with E-state index >= 15 is 0 Å². The second kappa shape index (κ2) is 7.93. The fraction of sp³-hybridized carbons (Fsp3) is 0.182. The molecular weight excluding hydrogens is 409 g/mol. The minimum atomic E-state index is 0.0288. The molecule has 0 saturated heterocycles. The molecule has 0 amide bonds. The summed E-state index contributed by atoms with van der Waals surface area (Å²) in [6.45, 7) is 2.10. The van der Waals surface area contributed by atoms with Crippen LogP contribution in [0.4, 0.5) is 0 Å². The molecule has 0 aliphatic carbocycles. The van der Waals surface area contributed by atoms with Crippen molar-refractivity contribution in [3.8, 4) is 28.6 Å². The van der Waals surface area contributed by atoms with E-state index in [9.17, 15) is 5.11 Å². The van der Waals surface area contributed by atoms with Crippen LogP contribution in [-0.2, 0) is 13.5 Å². The maximum Gasteiger partial charge on any atom is 0.219 e. The molecule has 0 unspecified atom stereocenters. The minimum absolute atomic E-state index is 0.0288. The lowest BCUT2D eigenvalue weighted by molar-refractivity contribution is 0.460. The van der Waals surface area contributed by atoms with Crippen molar-refractivity contribution >= 4 is 34.1 Å². The first-order valence-corrected chi connectivity index (χ1v) is 10.0. The van der Waals surface area contributed by atoms with E-state index in [1.165, 1.54) is 0 Å². The number of pyridine rings is 1. The second-order valence-electron chi connectivity index (χ2n) is 6.74. The maximum absolute atomic E-state index is 10.1. The fourth-order valence-electron chi connectivity index (χ4n) is 3.27. The van der Waals surface area contributed by atoms with Crippen LogP contribution in [-0.4, -0.2) is 19.9 Å². The molecule has 5 nitrogen and oxygen atoms in total. The Morgan fingerprint density at radius 1 is 1.07 bits per heavy atom. The number of ether oxygens (including phenoxy) is 1. The first-order valence-electron chi connectivity index (χ1n) is 9.25. The molecule has 7 heteroatoms. The number of aromatic nitrogens is 3. The summed E-state index contributed by atoms with van der Waals surface area (Å²) in [6.07, 6.45) is 1.69. The van der Waals surface area contributed by atoms with E-state index < -0.39 is 0 Å². The summed E-state index contributed by atoms with van der Waals surface area (Å²) in [5.41, 5.74) is 3.38. The fourth-order valence-corrected chi connectivity index (χ4v) is 3.55. The molecule has 0 atom stereocenters. The van der Waals surface area contributed by atoms with Crippen molar-refractivity contribution in [2.45, 2.75) is 19.8 Å². The summed E-state index contributed by atoms with van der Waals surface area (Å²) in [6, 6.07) is 14.3. The number of benzene rings is 2. The quantitative estimate of drug-likeness (QED) is 0.400. The molecule has 2 aromatic heterocycles. The number of rotatable bonds is 5. The lowest BCUT2D eigenvalue weighted by Gasteiger charge is -2.10. The highest BCUT2D eigenvalue weighted by atomic mass is 35.5. The van der Waals surface area contributed by atoms with Crippen LogP contribution in [0.3, 0.4) is 0 Å². The number of nitrogens with zero attached hydrogens (tertiary/aromatic N) is 3. The molecule has 2 aromatic carbocycles. The predicted octanol–water partition coefficient (Wildman–Crippen LogP) is 6.39. The monoisotopic (exact) mass is 427 g/mol. The molecule has 0 bridgehead atoms. The van der Waals surface area contributed by atoms with E-state index in [0.717, 1.165) is 40.7 Å². The lowest BCUT2D eigenvalue weighted by atomic mass is 10.0. The van der Waals surface area contributed by atoms with E-state index in [2.05, 4.69) is 12.0 Å². The van der Waals surface area contributed by atoms with Gasteiger partial charge in [-0.25, -0.2) is 4.98 Å². The van der Waals surface area contributed by atoms with Crippen molar-refractivity contribution < 1.29 is 9.84 Å². The Hall–Kier alpha value is -2.76. The number of aryl methyl sites for hydroxylation is 2. The molecule has 0 radical (unpaired) electrons. The average molecular weight is 428 g/mol. The Morgan fingerprint density at radius 2 is 1.83 bits per heavy atom. The topological polar surface area (TPSA) is 60.2 Å². The number of hydrogen-bond donors (Lipinski definition) is 1. The molecule has 2 heterocycles. The number of halogens is 2. The van der Waals surface area contributed by atoms with Crippen molar-refractivity contribution in [1.82, 2.24) is 14.8 Å². The number of phenols is 1. The summed E-state index contributed by atoms with van der Waals surface area (Å²) < 4.78 is 7.64. The first-order chi connectivity index (χ1) is 14.0. The molecular formula is C22H19Cl2N3O2. The van der Waals surface area contributed by atoms with Gasteiger partial charge in [-0.1, -0.05) is 36.5 Å². The smallest absolute Gasteiger partial charge is 0.219 e. The van der Waals surface area contributed by atoms with Gasteiger partial charge in [-0.05, 0) is 48.9 Å². The molecule has 4 rings (SSSR count). The number of fused-ring (bicyclic) bond motifs is 1. The third-order valence-electron chi connectivity index (χ3n) is 4.65. The van der Waals surface area contributed by atoms with Gasteiger partial charge in [-0.15, -0.1) is 0 Å². The van der Waals surface area contributed by atoms with Crippen LogP contribution in [0.1, 0.15) is 19.0 Å². The van der Waals surface area contributed by atoms with Crippen molar-refractivity contribution in [1.29, 1.82) is 0 Å². The molecule has 0 spiro atoms. The Balaban J connectivity index is 1.79. The molecule has 4 aromatic rings. The van der Waals surface area contributed by atoms with Crippen molar-refractivity contribution in [2.75, 3.05) is 0 Å². The summed E-state index contributed by atoms with van der Waals surface area (Å²) >= 11 is 12.0. The Bertz CT molecular complexity index is 1190. The Kier molecular flexibility index (Phi) is 5.35. The van der Waals surface area contributed by atoms with Gasteiger partial charge in [0, 0.05) is 29.1 Å². The van der Waals surface area contributed by atoms with Gasteiger partial charge in [-0.2, -0.15) is 5.10 Å². The van der Waals surface area contributed by atoms with Gasteiger partial charge < -0.3 is 9.84 Å². The molecule has 0 aliphatic heterocycles. The van der Waals surface area contributed by atoms with Crippen LogP contribution < -0.4 is 4.74 Å². The van der Waals surface area contributed by atoms with Crippen LogP contribution in [0.5, 0.6) is 17.4 Å². The normalized spacial score (nSPS) is 11.2. The van der Waals surface area contributed by atoms with Crippen LogP contribution in [0.2, 0.25) is 10.0 Å². The van der Waals surface area contributed by atoms with Crippen LogP contribution in [0.15, 0.2) is 48.5 Å². The van der Waals surface area contributed by atoms with Gasteiger partial charge in [-0.3, -0.25) is 4.68 Å². The molecule has 29 heavy (non-hydrogen) atoms. The molecule has 0 saturated carbocycles. The summed E-state index contributed by atoms with van der Waals surface area (Å²) in [4.78, 5) is 4.72. The Morgan fingerprint density at radius 3 is 2.55 bits per heavy atom. The second-order valence-corrected chi connectivity index (χ2v) is 7.59. The first kappa shape index (κ1) is 19.6. The zero-order valence-electron chi connectivity index (χ0n) is 16.0. The maximum atomic E-state index is 10.1. The zero-order chi connectivity index (χ0) is 20.5. The highest BCUT2D eigenvalue weighted by Crippen LogP contribution is 2.36. The third kappa shape index (κ3) is 3.88. The van der Waals surface area contributed by atoms with E-state index in [4.69, 9.17) is 32.9 Å². The van der Waals surface area contributed by atoms with Crippen LogP contribution in [0.25, 0.3) is 22.2 Å². The van der Waals surface area contributed by atoms with Gasteiger partial charge in [0.25, 0.3) is 0 Å².